The van der Waals surface area contributed by atoms with Gasteiger partial charge in [0.05, 0.1) is 52.9 Å². The molecule has 8 fully saturated rings. The average molecular weight is 1440 g/mol. The predicted octanol–water partition coefficient (Wildman–Crippen LogP) is -25.8. The minimum absolute atomic E-state index is 0.526. The van der Waals surface area contributed by atoms with Crippen molar-refractivity contribution in [3.8, 4) is 0 Å². The molecule has 8 heterocycles. The third kappa shape index (κ3) is 25.2. The number of aliphatic hydroxyl groups excluding tert-OH is 40. The molecular formula is C48H96O48. The lowest BCUT2D eigenvalue weighted by Crippen LogP contribution is -2.58. The molecule has 8 unspecified atom stereocenters. The maximum absolute atomic E-state index is 9.12. The van der Waals surface area contributed by atoms with Crippen LogP contribution in [0.2, 0.25) is 0 Å². The molecule has 40 atom stereocenters. The summed E-state index contributed by atoms with van der Waals surface area (Å²) in [6.45, 7) is -4.49. The number of hydrogen-bond acceptors (Lipinski definition) is 48. The van der Waals surface area contributed by atoms with Crippen molar-refractivity contribution < 1.29 is 242 Å². The van der Waals surface area contributed by atoms with Crippen LogP contribution in [0.4, 0.5) is 0 Å². The normalized spacial score (nSPS) is 47.0. The van der Waals surface area contributed by atoms with E-state index in [4.69, 9.17) is 204 Å². The van der Waals surface area contributed by atoms with Gasteiger partial charge in [-0.1, -0.05) is 0 Å². The Morgan fingerprint density at radius 1 is 0.167 bits per heavy atom. The van der Waals surface area contributed by atoms with E-state index < -0.39 is 299 Å². The van der Waals surface area contributed by atoms with Gasteiger partial charge in [-0.3, -0.25) is 0 Å². The van der Waals surface area contributed by atoms with E-state index in [2.05, 4.69) is 37.9 Å². The number of aliphatic hydroxyl groups is 40. The van der Waals surface area contributed by atoms with E-state index in [1.807, 2.05) is 0 Å². The third-order valence-electron chi connectivity index (χ3n) is 14.8. The highest BCUT2D eigenvalue weighted by Gasteiger charge is 2.50. The molecule has 8 rings (SSSR count). The van der Waals surface area contributed by atoms with Crippen LogP contribution in [0.3, 0.4) is 0 Å². The highest BCUT2D eigenvalue weighted by Crippen LogP contribution is 2.27. The molecule has 0 spiro atoms. The second-order valence-corrected chi connectivity index (χ2v) is 21.8. The highest BCUT2D eigenvalue weighted by atomic mass is 16.7. The van der Waals surface area contributed by atoms with E-state index in [-0.39, 0.29) is 0 Å². The van der Waals surface area contributed by atoms with Crippen LogP contribution in [0, 0.1) is 0 Å². The molecule has 576 valence electrons. The van der Waals surface area contributed by atoms with Gasteiger partial charge >= 0.3 is 0 Å². The molecule has 0 radical (unpaired) electrons. The highest BCUT2D eigenvalue weighted by molar-refractivity contribution is 4.94. The van der Waals surface area contributed by atoms with Crippen molar-refractivity contribution >= 4 is 0 Å². The van der Waals surface area contributed by atoms with Gasteiger partial charge in [0, 0.05) is 0 Å². The monoisotopic (exact) mass is 1440 g/mol. The fraction of sp³-hybridized carbons (Fsp3) is 1.00. The number of rotatable bonds is 12. The molecule has 48 nitrogen and oxygen atoms in total. The van der Waals surface area contributed by atoms with Crippen molar-refractivity contribution in [3.63, 3.8) is 0 Å². The van der Waals surface area contributed by atoms with Crippen LogP contribution in [0.25, 0.3) is 0 Å². The second-order valence-electron chi connectivity index (χ2n) is 21.8. The molecule has 8 saturated heterocycles. The summed E-state index contributed by atoms with van der Waals surface area (Å²) in [4.78, 5) is 0. The Kier molecular flexibility index (Phi) is 42.1. The van der Waals surface area contributed by atoms with Crippen molar-refractivity contribution in [1.29, 1.82) is 0 Å². The molecule has 0 aromatic rings. The van der Waals surface area contributed by atoms with Crippen molar-refractivity contribution in [2.24, 2.45) is 0 Å². The van der Waals surface area contributed by atoms with Crippen LogP contribution in [0.15, 0.2) is 0 Å². The van der Waals surface area contributed by atoms with Gasteiger partial charge in [0.25, 0.3) is 0 Å². The topological polar surface area (TPSA) is 883 Å². The van der Waals surface area contributed by atoms with Crippen LogP contribution in [0.1, 0.15) is 0 Å². The summed E-state index contributed by atoms with van der Waals surface area (Å²) < 4.78 is 36.6. The van der Waals surface area contributed by atoms with Gasteiger partial charge in [0.1, 0.15) is 195 Å². The zero-order valence-corrected chi connectivity index (χ0v) is 49.9. The van der Waals surface area contributed by atoms with E-state index in [1.165, 1.54) is 0 Å². The van der Waals surface area contributed by atoms with Crippen LogP contribution in [-0.4, -0.2) is 503 Å². The van der Waals surface area contributed by atoms with Gasteiger partial charge < -0.3 is 242 Å². The first-order valence-corrected chi connectivity index (χ1v) is 28.5. The standard InChI is InChI=1S/8C6H12O6/c4*7-1-2(8)5-3(9)4(10)6(11)12-5;4*7-1-2-3(8)4(9)5(10)6(11)12-2/h8*2-11H,1H2/t2*2-,3-,4+,5-,6-;2-,3-,4-,5-,6+;2-,3-,4-,5-,6-;2*2?,3-,4-,5?,6+;2*2?,3-,4-,5?,6-/m00000000/s1. The fourth-order valence-corrected chi connectivity index (χ4v) is 8.76. The summed E-state index contributed by atoms with van der Waals surface area (Å²) in [5.41, 5.74) is 0. The van der Waals surface area contributed by atoms with E-state index in [0.717, 1.165) is 0 Å². The van der Waals surface area contributed by atoms with Gasteiger partial charge in [-0.15, -0.1) is 0 Å². The van der Waals surface area contributed by atoms with Crippen molar-refractivity contribution in [1.82, 2.24) is 0 Å². The molecule has 8 aliphatic rings. The van der Waals surface area contributed by atoms with Gasteiger partial charge in [0.2, 0.25) is 0 Å². The van der Waals surface area contributed by atoms with E-state index >= 15 is 0 Å². The smallest absolute Gasteiger partial charge is 0.184 e. The molecule has 8 aliphatic heterocycles. The van der Waals surface area contributed by atoms with Gasteiger partial charge in [-0.05, 0) is 0 Å². The molecule has 0 saturated carbocycles. The second kappa shape index (κ2) is 43.9. The van der Waals surface area contributed by atoms with Crippen LogP contribution in [0.5, 0.6) is 0 Å². The summed E-state index contributed by atoms with van der Waals surface area (Å²) >= 11 is 0. The predicted molar refractivity (Wildman–Crippen MR) is 288 cm³/mol. The molecule has 0 aliphatic carbocycles. The molecule has 96 heavy (non-hydrogen) atoms. The molecule has 40 N–H and O–H groups in total. The zero-order chi connectivity index (χ0) is 74.4. The average Bonchev–Trinajstić information content (AvgIpc) is 1.87. The van der Waals surface area contributed by atoms with Crippen LogP contribution >= 0.6 is 0 Å². The Morgan fingerprint density at radius 2 is 0.292 bits per heavy atom. The molecule has 0 amide bonds. The first-order valence-electron chi connectivity index (χ1n) is 28.5. The molecule has 48 heteroatoms. The fourth-order valence-electron chi connectivity index (χ4n) is 8.76. The van der Waals surface area contributed by atoms with E-state index in [9.17, 15) is 0 Å². The lowest BCUT2D eigenvalue weighted by Gasteiger charge is -2.37. The van der Waals surface area contributed by atoms with Gasteiger partial charge in [-0.2, -0.15) is 0 Å². The lowest BCUT2D eigenvalue weighted by atomic mass is 10.00. The van der Waals surface area contributed by atoms with Crippen LogP contribution < -0.4 is 0 Å². The SMILES string of the molecule is OCC1O[C@@H](O)C(O)[C@@H](O)[C@H]1O.OCC1O[C@@H](O)C(O)[C@@H](O)[C@H]1O.OCC1O[C@H](O)C(O)[C@@H](O)[C@H]1O.OCC1O[C@H](O)C(O)[C@@H](O)[C@H]1O.OC[C@H](O)[C@@H]1O[C@@H](O)[C@@H](O)[C@@H]1O.OC[C@H](O)[C@@H]1O[C@H](O)[C@@H](O)[C@@H]1O.OC[C@H](O)[C@@H]1O[C@H](O)[C@H](O)[C@@H]1O.OC[C@H](O)[C@@H]1O[C@H](O)[C@H](O)[C@@H]1O. The molecule has 0 bridgehead atoms. The Labute approximate surface area is 540 Å². The number of ether oxygens (including phenoxy) is 8. The Morgan fingerprint density at radius 3 is 0.396 bits per heavy atom. The number of hydrogen-bond donors (Lipinski definition) is 40. The quantitative estimate of drug-likeness (QED) is 0.0863. The first-order chi connectivity index (χ1) is 44.6. The van der Waals surface area contributed by atoms with E-state index in [0.29, 0.717) is 0 Å². The van der Waals surface area contributed by atoms with E-state index in [1.54, 1.807) is 0 Å². The summed E-state index contributed by atoms with van der Waals surface area (Å²) in [5.74, 6) is 0. The Balaban J connectivity index is 0.000000549. The Bertz CT molecular complexity index is 1730. The van der Waals surface area contributed by atoms with Gasteiger partial charge in [-0.25, -0.2) is 0 Å². The Hall–Kier alpha value is -1.92. The maximum Gasteiger partial charge on any atom is 0.184 e. The summed E-state index contributed by atoms with van der Waals surface area (Å²) in [6.07, 6.45) is -55.2. The van der Waals surface area contributed by atoms with Crippen molar-refractivity contribution in [2.45, 2.75) is 246 Å². The molecule has 0 aromatic carbocycles. The molecule has 0 aromatic heterocycles. The summed E-state index contributed by atoms with van der Waals surface area (Å²) in [7, 11) is 0. The first kappa shape index (κ1) is 92.1. The largest absolute Gasteiger partial charge is 0.394 e. The van der Waals surface area contributed by atoms with Crippen molar-refractivity contribution in [2.75, 3.05) is 52.9 Å². The zero-order valence-electron chi connectivity index (χ0n) is 49.9. The lowest BCUT2D eigenvalue weighted by molar-refractivity contribution is -0.286. The molecular weight excluding hydrogens is 1340 g/mol. The van der Waals surface area contributed by atoms with Crippen molar-refractivity contribution in [3.05, 3.63) is 0 Å². The summed E-state index contributed by atoms with van der Waals surface area (Å²) in [5, 5.41) is 356. The minimum Gasteiger partial charge on any atom is -0.394 e. The maximum atomic E-state index is 9.12. The van der Waals surface area contributed by atoms with Crippen LogP contribution in [-0.2, 0) is 37.9 Å². The third-order valence-corrected chi connectivity index (χ3v) is 14.8. The minimum atomic E-state index is -1.57. The summed E-state index contributed by atoms with van der Waals surface area (Å²) in [6, 6.07) is 0. The van der Waals surface area contributed by atoms with Gasteiger partial charge in [0.15, 0.2) is 50.3 Å².